The largest absolute Gasteiger partial charge is 0.393 e. The maximum atomic E-state index is 9.66. The second-order valence-electron chi connectivity index (χ2n) is 7.08. The lowest BCUT2D eigenvalue weighted by molar-refractivity contribution is 0.126. The van der Waals surface area contributed by atoms with Crippen molar-refractivity contribution in [1.82, 2.24) is 14.6 Å². The highest BCUT2D eigenvalue weighted by Gasteiger charge is 2.19. The van der Waals surface area contributed by atoms with E-state index in [2.05, 4.69) is 42.3 Å². The Labute approximate surface area is 147 Å². The molecule has 1 fully saturated rings. The molecule has 3 aromatic rings. The first-order valence-corrected chi connectivity index (χ1v) is 8.97. The fourth-order valence-corrected chi connectivity index (χ4v) is 3.48. The summed E-state index contributed by atoms with van der Waals surface area (Å²) < 4.78 is 1.91. The fourth-order valence-electron chi connectivity index (χ4n) is 3.48. The van der Waals surface area contributed by atoms with Crippen LogP contribution in [-0.4, -0.2) is 31.9 Å². The number of nitrogens with one attached hydrogen (secondary N) is 1. The number of aliphatic hydroxyl groups is 1. The lowest BCUT2D eigenvalue weighted by atomic mass is 9.93. The van der Waals surface area contributed by atoms with Crippen molar-refractivity contribution in [3.63, 3.8) is 0 Å². The predicted molar refractivity (Wildman–Crippen MR) is 99.8 cm³/mol. The van der Waals surface area contributed by atoms with Crippen LogP contribution in [0.5, 0.6) is 0 Å². The maximum absolute atomic E-state index is 9.66. The molecular weight excluding hydrogens is 312 g/mol. The van der Waals surface area contributed by atoms with Gasteiger partial charge in [-0.3, -0.25) is 0 Å². The Bertz CT molecular complexity index is 894. The van der Waals surface area contributed by atoms with Crippen LogP contribution in [0.1, 0.15) is 36.8 Å². The quantitative estimate of drug-likeness (QED) is 0.765. The summed E-state index contributed by atoms with van der Waals surface area (Å²) >= 11 is 0. The molecule has 0 spiro atoms. The van der Waals surface area contributed by atoms with E-state index in [4.69, 9.17) is 5.10 Å². The summed E-state index contributed by atoms with van der Waals surface area (Å²) in [5.74, 6) is 0.858. The second kappa shape index (κ2) is 6.48. The van der Waals surface area contributed by atoms with Gasteiger partial charge in [0.1, 0.15) is 5.82 Å². The normalized spacial score (nSPS) is 20.8. The molecule has 0 radical (unpaired) electrons. The molecule has 1 aliphatic rings. The first-order valence-electron chi connectivity index (χ1n) is 8.97. The average molecular weight is 336 g/mol. The van der Waals surface area contributed by atoms with Crippen LogP contribution in [0.3, 0.4) is 0 Å². The summed E-state index contributed by atoms with van der Waals surface area (Å²) in [6, 6.07) is 10.8. The molecule has 0 atom stereocenters. The highest BCUT2D eigenvalue weighted by molar-refractivity contribution is 5.65. The van der Waals surface area contributed by atoms with Crippen molar-refractivity contribution in [1.29, 1.82) is 0 Å². The van der Waals surface area contributed by atoms with Crippen molar-refractivity contribution in [3.05, 3.63) is 47.7 Å². The van der Waals surface area contributed by atoms with E-state index in [0.717, 1.165) is 48.4 Å². The number of aryl methyl sites for hydroxylation is 2. The number of fused-ring (bicyclic) bond motifs is 1. The highest BCUT2D eigenvalue weighted by atomic mass is 16.3. The number of aliphatic hydroxyl groups excluding tert-OH is 1. The van der Waals surface area contributed by atoms with Gasteiger partial charge in [0.25, 0.3) is 0 Å². The SMILES string of the molecule is Cc1ccc(-c2cnc3ccc(NC4CCC(O)CC4)nn23)cc1C. The lowest BCUT2D eigenvalue weighted by Gasteiger charge is -2.26. The molecule has 0 amide bonds. The molecule has 1 aliphatic carbocycles. The van der Waals surface area contributed by atoms with Crippen molar-refractivity contribution in [2.24, 2.45) is 0 Å². The van der Waals surface area contributed by atoms with Gasteiger partial charge in [0.15, 0.2) is 5.65 Å². The fraction of sp³-hybridized carbons (Fsp3) is 0.400. The molecule has 0 aliphatic heterocycles. The molecule has 0 unspecified atom stereocenters. The molecule has 5 nitrogen and oxygen atoms in total. The van der Waals surface area contributed by atoms with Crippen LogP contribution in [0.15, 0.2) is 36.5 Å². The van der Waals surface area contributed by atoms with Crippen LogP contribution in [0.4, 0.5) is 5.82 Å². The van der Waals surface area contributed by atoms with E-state index >= 15 is 0 Å². The van der Waals surface area contributed by atoms with Crippen LogP contribution in [0.25, 0.3) is 16.9 Å². The number of nitrogens with zero attached hydrogens (tertiary/aromatic N) is 3. The smallest absolute Gasteiger partial charge is 0.154 e. The van der Waals surface area contributed by atoms with Crippen molar-refractivity contribution >= 4 is 11.5 Å². The molecule has 5 heteroatoms. The summed E-state index contributed by atoms with van der Waals surface area (Å²) in [5, 5.41) is 17.9. The van der Waals surface area contributed by atoms with Gasteiger partial charge >= 0.3 is 0 Å². The molecule has 4 rings (SSSR count). The Kier molecular flexibility index (Phi) is 4.17. The summed E-state index contributed by atoms with van der Waals surface area (Å²) in [4.78, 5) is 4.48. The van der Waals surface area contributed by atoms with Gasteiger partial charge in [0, 0.05) is 11.6 Å². The van der Waals surface area contributed by atoms with Gasteiger partial charge in [-0.25, -0.2) is 9.50 Å². The number of hydrogen-bond donors (Lipinski definition) is 2. The summed E-state index contributed by atoms with van der Waals surface area (Å²) in [5.41, 5.74) is 5.52. The van der Waals surface area contributed by atoms with E-state index in [1.165, 1.54) is 11.1 Å². The van der Waals surface area contributed by atoms with E-state index in [0.29, 0.717) is 6.04 Å². The molecular formula is C20H24N4O. The third kappa shape index (κ3) is 3.24. The highest BCUT2D eigenvalue weighted by Crippen LogP contribution is 2.25. The van der Waals surface area contributed by atoms with Crippen LogP contribution < -0.4 is 5.32 Å². The summed E-state index contributed by atoms with van der Waals surface area (Å²) in [6.07, 6.45) is 5.42. The molecule has 25 heavy (non-hydrogen) atoms. The van der Waals surface area contributed by atoms with Gasteiger partial charge in [0.2, 0.25) is 0 Å². The van der Waals surface area contributed by atoms with Crippen molar-refractivity contribution in [3.8, 4) is 11.3 Å². The molecule has 2 aromatic heterocycles. The minimum atomic E-state index is -0.140. The zero-order valence-electron chi connectivity index (χ0n) is 14.7. The molecule has 130 valence electrons. The Morgan fingerprint density at radius 1 is 1.04 bits per heavy atom. The standard InChI is InChI=1S/C20H24N4O/c1-13-3-4-15(11-14(13)2)18-12-21-20-10-9-19(23-24(18)20)22-16-5-7-17(25)8-6-16/h3-4,9-12,16-17,25H,5-8H2,1-2H3,(H,22,23). The van der Waals surface area contributed by atoms with Crippen molar-refractivity contribution in [2.45, 2.75) is 51.7 Å². The Balaban J connectivity index is 1.64. The van der Waals surface area contributed by atoms with E-state index in [1.807, 2.05) is 22.8 Å². The molecule has 0 saturated heterocycles. The van der Waals surface area contributed by atoms with Crippen LogP contribution in [-0.2, 0) is 0 Å². The molecule has 1 saturated carbocycles. The number of aromatic nitrogens is 3. The topological polar surface area (TPSA) is 62.5 Å². The van der Waals surface area contributed by atoms with E-state index in [1.54, 1.807) is 0 Å². The van der Waals surface area contributed by atoms with Gasteiger partial charge in [-0.15, -0.1) is 5.10 Å². The monoisotopic (exact) mass is 336 g/mol. The number of imidazole rings is 1. The van der Waals surface area contributed by atoms with Gasteiger partial charge < -0.3 is 10.4 Å². The van der Waals surface area contributed by atoms with Gasteiger partial charge in [0.05, 0.1) is 18.0 Å². The summed E-state index contributed by atoms with van der Waals surface area (Å²) in [7, 11) is 0. The second-order valence-corrected chi connectivity index (χ2v) is 7.08. The zero-order valence-corrected chi connectivity index (χ0v) is 14.7. The Morgan fingerprint density at radius 3 is 2.60 bits per heavy atom. The molecule has 2 N–H and O–H groups in total. The molecule has 0 bridgehead atoms. The zero-order chi connectivity index (χ0) is 17.4. The summed E-state index contributed by atoms with van der Waals surface area (Å²) in [6.45, 7) is 4.25. The first kappa shape index (κ1) is 16.1. The number of anilines is 1. The van der Waals surface area contributed by atoms with E-state index in [9.17, 15) is 5.11 Å². The number of benzene rings is 1. The van der Waals surface area contributed by atoms with Crippen LogP contribution in [0, 0.1) is 13.8 Å². The van der Waals surface area contributed by atoms with Crippen molar-refractivity contribution in [2.75, 3.05) is 5.32 Å². The van der Waals surface area contributed by atoms with Gasteiger partial charge in [-0.05, 0) is 68.9 Å². The molecule has 2 heterocycles. The Hall–Kier alpha value is -2.40. The Morgan fingerprint density at radius 2 is 1.84 bits per heavy atom. The lowest BCUT2D eigenvalue weighted by Crippen LogP contribution is -2.28. The average Bonchev–Trinajstić information content (AvgIpc) is 3.03. The van der Waals surface area contributed by atoms with E-state index in [-0.39, 0.29) is 6.10 Å². The minimum absolute atomic E-state index is 0.140. The van der Waals surface area contributed by atoms with E-state index < -0.39 is 0 Å². The third-order valence-electron chi connectivity index (χ3n) is 5.21. The van der Waals surface area contributed by atoms with Crippen LogP contribution >= 0.6 is 0 Å². The first-order chi connectivity index (χ1) is 12.1. The maximum Gasteiger partial charge on any atom is 0.154 e. The van der Waals surface area contributed by atoms with Crippen LogP contribution in [0.2, 0.25) is 0 Å². The minimum Gasteiger partial charge on any atom is -0.393 e. The third-order valence-corrected chi connectivity index (χ3v) is 5.21. The predicted octanol–water partition coefficient (Wildman–Crippen LogP) is 3.73. The van der Waals surface area contributed by atoms with Crippen molar-refractivity contribution < 1.29 is 5.11 Å². The molecule has 1 aromatic carbocycles. The number of rotatable bonds is 3. The van der Waals surface area contributed by atoms with Gasteiger partial charge in [-0.1, -0.05) is 12.1 Å². The van der Waals surface area contributed by atoms with Gasteiger partial charge in [-0.2, -0.15) is 0 Å². The number of hydrogen-bond acceptors (Lipinski definition) is 4.